The summed E-state index contributed by atoms with van der Waals surface area (Å²) >= 11 is 0. The van der Waals surface area contributed by atoms with Crippen LogP contribution in [0.1, 0.15) is 27.2 Å². The fraction of sp³-hybridized carbons (Fsp3) is 0.333. The van der Waals surface area contributed by atoms with E-state index in [9.17, 15) is 5.11 Å². The molecule has 0 bridgehead atoms. The van der Waals surface area contributed by atoms with Crippen LogP contribution >= 0.6 is 0 Å². The van der Waals surface area contributed by atoms with Gasteiger partial charge in [-0.1, -0.05) is 63.2 Å². The van der Waals surface area contributed by atoms with Gasteiger partial charge in [-0.3, -0.25) is 0 Å². The fourth-order valence-corrected chi connectivity index (χ4v) is 2.92. The summed E-state index contributed by atoms with van der Waals surface area (Å²) in [6.45, 7) is 6.30. The van der Waals surface area contributed by atoms with E-state index in [0.29, 0.717) is 13.0 Å². The minimum absolute atomic E-state index is 0.373. The fourth-order valence-electron chi connectivity index (χ4n) is 2.92. The zero-order valence-electron chi connectivity index (χ0n) is 15.5. The van der Waals surface area contributed by atoms with Crippen LogP contribution in [0.5, 0.6) is 5.75 Å². The van der Waals surface area contributed by atoms with Crippen molar-refractivity contribution in [2.45, 2.75) is 32.9 Å². The summed E-state index contributed by atoms with van der Waals surface area (Å²) in [7, 11) is 0. The topological polar surface area (TPSA) is 60.2 Å². The van der Waals surface area contributed by atoms with Crippen LogP contribution in [0, 0.1) is 5.41 Å². The Labute approximate surface area is 154 Å². The SMILES string of the molecule is CC(C)(C)C(O)(CCOc1ccc(-c2ccccc2)cc1)n1cncn1. The van der Waals surface area contributed by atoms with Crippen molar-refractivity contribution >= 4 is 0 Å². The Bertz CT molecular complexity index is 809. The molecule has 1 unspecified atom stereocenters. The van der Waals surface area contributed by atoms with Gasteiger partial charge in [0.25, 0.3) is 0 Å². The summed E-state index contributed by atoms with van der Waals surface area (Å²) < 4.78 is 7.37. The molecule has 1 aromatic heterocycles. The molecular weight excluding hydrogens is 326 g/mol. The van der Waals surface area contributed by atoms with Gasteiger partial charge in [-0.25, -0.2) is 9.67 Å². The maximum Gasteiger partial charge on any atom is 0.167 e. The number of benzene rings is 2. The first kappa shape index (κ1) is 18.1. The average molecular weight is 351 g/mol. The van der Waals surface area contributed by atoms with Crippen molar-refractivity contribution in [2.75, 3.05) is 6.61 Å². The number of hydrogen-bond acceptors (Lipinski definition) is 4. The zero-order valence-corrected chi connectivity index (χ0v) is 15.5. The molecule has 26 heavy (non-hydrogen) atoms. The molecule has 1 atom stereocenters. The van der Waals surface area contributed by atoms with E-state index in [2.05, 4.69) is 22.2 Å². The van der Waals surface area contributed by atoms with E-state index in [1.54, 1.807) is 6.33 Å². The van der Waals surface area contributed by atoms with Crippen molar-refractivity contribution in [3.63, 3.8) is 0 Å². The Morgan fingerprint density at radius 3 is 2.19 bits per heavy atom. The first-order valence-corrected chi connectivity index (χ1v) is 8.76. The monoisotopic (exact) mass is 351 g/mol. The number of aromatic nitrogens is 3. The molecule has 0 radical (unpaired) electrons. The molecule has 2 aromatic carbocycles. The molecule has 0 aliphatic carbocycles. The van der Waals surface area contributed by atoms with Crippen molar-refractivity contribution in [1.29, 1.82) is 0 Å². The van der Waals surface area contributed by atoms with Crippen LogP contribution in [-0.2, 0) is 5.72 Å². The van der Waals surface area contributed by atoms with E-state index in [4.69, 9.17) is 4.74 Å². The van der Waals surface area contributed by atoms with Gasteiger partial charge in [-0.05, 0) is 23.3 Å². The molecule has 5 heteroatoms. The summed E-state index contributed by atoms with van der Waals surface area (Å²) in [4.78, 5) is 3.96. The summed E-state index contributed by atoms with van der Waals surface area (Å²) in [6.07, 6.45) is 3.38. The summed E-state index contributed by atoms with van der Waals surface area (Å²) in [5.41, 5.74) is 0.730. The van der Waals surface area contributed by atoms with E-state index < -0.39 is 11.1 Å². The van der Waals surface area contributed by atoms with Crippen LogP contribution in [0.3, 0.4) is 0 Å². The molecule has 0 saturated carbocycles. The molecule has 0 aliphatic heterocycles. The van der Waals surface area contributed by atoms with Gasteiger partial charge in [0.05, 0.1) is 6.61 Å². The second-order valence-corrected chi connectivity index (χ2v) is 7.40. The Hall–Kier alpha value is -2.66. The second-order valence-electron chi connectivity index (χ2n) is 7.40. The molecule has 1 heterocycles. The molecule has 0 fully saturated rings. The van der Waals surface area contributed by atoms with E-state index in [1.807, 2.05) is 63.2 Å². The Kier molecular flexibility index (Phi) is 5.09. The van der Waals surface area contributed by atoms with Gasteiger partial charge in [0.15, 0.2) is 5.72 Å². The normalized spacial score (nSPS) is 14.0. The molecule has 3 rings (SSSR count). The van der Waals surface area contributed by atoms with Gasteiger partial charge in [0, 0.05) is 11.8 Å². The zero-order chi connectivity index (χ0) is 18.6. The smallest absolute Gasteiger partial charge is 0.167 e. The maximum atomic E-state index is 11.2. The molecule has 0 spiro atoms. The first-order chi connectivity index (χ1) is 12.4. The van der Waals surface area contributed by atoms with Gasteiger partial charge >= 0.3 is 0 Å². The van der Waals surface area contributed by atoms with Crippen LogP contribution < -0.4 is 4.74 Å². The third-order valence-electron chi connectivity index (χ3n) is 4.68. The quantitative estimate of drug-likeness (QED) is 0.726. The van der Waals surface area contributed by atoms with Crippen LogP contribution in [0.15, 0.2) is 67.3 Å². The molecule has 5 nitrogen and oxygen atoms in total. The van der Waals surface area contributed by atoms with Gasteiger partial charge in [-0.2, -0.15) is 5.10 Å². The van der Waals surface area contributed by atoms with Gasteiger partial charge in [0.2, 0.25) is 0 Å². The third-order valence-corrected chi connectivity index (χ3v) is 4.68. The van der Waals surface area contributed by atoms with E-state index >= 15 is 0 Å². The predicted molar refractivity (Wildman–Crippen MR) is 102 cm³/mol. The summed E-state index contributed by atoms with van der Waals surface area (Å²) in [6, 6.07) is 18.2. The molecule has 0 saturated heterocycles. The molecule has 3 aromatic rings. The Balaban J connectivity index is 1.65. The lowest BCUT2D eigenvalue weighted by Crippen LogP contribution is -2.47. The highest BCUT2D eigenvalue weighted by Gasteiger charge is 2.42. The van der Waals surface area contributed by atoms with Gasteiger partial charge in [-0.15, -0.1) is 0 Å². The number of ether oxygens (including phenoxy) is 1. The second kappa shape index (κ2) is 7.30. The minimum Gasteiger partial charge on any atom is -0.493 e. The molecule has 136 valence electrons. The number of rotatable bonds is 6. The molecular formula is C21H25N3O2. The average Bonchev–Trinajstić information content (AvgIpc) is 3.17. The largest absolute Gasteiger partial charge is 0.493 e. The van der Waals surface area contributed by atoms with Gasteiger partial charge < -0.3 is 9.84 Å². The molecule has 1 N–H and O–H groups in total. The van der Waals surface area contributed by atoms with Crippen molar-refractivity contribution in [3.8, 4) is 16.9 Å². The highest BCUT2D eigenvalue weighted by atomic mass is 16.5. The van der Waals surface area contributed by atoms with E-state index in [0.717, 1.165) is 11.3 Å². The Morgan fingerprint density at radius 2 is 1.62 bits per heavy atom. The third kappa shape index (κ3) is 3.78. The lowest BCUT2D eigenvalue weighted by molar-refractivity contribution is -0.148. The van der Waals surface area contributed by atoms with Crippen molar-refractivity contribution in [1.82, 2.24) is 14.8 Å². The molecule has 0 aliphatic rings. The van der Waals surface area contributed by atoms with Crippen molar-refractivity contribution in [2.24, 2.45) is 5.41 Å². The van der Waals surface area contributed by atoms with Crippen LogP contribution in [0.2, 0.25) is 0 Å². The maximum absolute atomic E-state index is 11.2. The molecule has 0 amide bonds. The number of nitrogens with zero attached hydrogens (tertiary/aromatic N) is 3. The minimum atomic E-state index is -1.17. The van der Waals surface area contributed by atoms with Gasteiger partial charge in [0.1, 0.15) is 18.4 Å². The predicted octanol–water partition coefficient (Wildman–Crippen LogP) is 4.11. The highest BCUT2D eigenvalue weighted by Crippen LogP contribution is 2.37. The van der Waals surface area contributed by atoms with Crippen molar-refractivity contribution < 1.29 is 9.84 Å². The first-order valence-electron chi connectivity index (χ1n) is 8.76. The number of aliphatic hydroxyl groups is 1. The van der Waals surface area contributed by atoms with E-state index in [1.165, 1.54) is 16.6 Å². The highest BCUT2D eigenvalue weighted by molar-refractivity contribution is 5.63. The van der Waals surface area contributed by atoms with Crippen molar-refractivity contribution in [3.05, 3.63) is 67.3 Å². The standard InChI is InChI=1S/C21H25N3O2/c1-20(2,3)21(25,24-16-22-15-23-24)13-14-26-19-11-9-18(10-12-19)17-7-5-4-6-8-17/h4-12,15-16,25H,13-14H2,1-3H3. The Morgan fingerprint density at radius 1 is 0.962 bits per heavy atom. The van der Waals surface area contributed by atoms with E-state index in [-0.39, 0.29) is 0 Å². The summed E-state index contributed by atoms with van der Waals surface area (Å²) in [5, 5.41) is 15.3. The van der Waals surface area contributed by atoms with Crippen LogP contribution in [-0.4, -0.2) is 26.5 Å². The van der Waals surface area contributed by atoms with Crippen LogP contribution in [0.25, 0.3) is 11.1 Å². The lowest BCUT2D eigenvalue weighted by atomic mass is 9.81. The number of hydrogen-bond donors (Lipinski definition) is 1. The lowest BCUT2D eigenvalue weighted by Gasteiger charge is -2.39. The summed E-state index contributed by atoms with van der Waals surface area (Å²) in [5.74, 6) is 0.777. The van der Waals surface area contributed by atoms with Crippen LogP contribution in [0.4, 0.5) is 0 Å².